The van der Waals surface area contributed by atoms with Gasteiger partial charge in [-0.1, -0.05) is 19.1 Å². The molecule has 0 rings (SSSR count). The number of rotatable bonds is 6. The lowest BCUT2D eigenvalue weighted by atomic mass is 9.88. The molecular weight excluding hydrogens is 152 g/mol. The molecular formula is C10H16O2. The summed E-state index contributed by atoms with van der Waals surface area (Å²) < 4.78 is 0. The number of carboxylic acids is 1. The molecule has 2 heteroatoms. The van der Waals surface area contributed by atoms with Gasteiger partial charge in [-0.05, 0) is 18.8 Å². The summed E-state index contributed by atoms with van der Waals surface area (Å²) in [7, 11) is 0. The van der Waals surface area contributed by atoms with E-state index in [0.717, 1.165) is 12.8 Å². The van der Waals surface area contributed by atoms with Gasteiger partial charge in [0.25, 0.3) is 0 Å². The van der Waals surface area contributed by atoms with Gasteiger partial charge in [0.1, 0.15) is 0 Å². The van der Waals surface area contributed by atoms with Crippen molar-refractivity contribution in [1.82, 2.24) is 0 Å². The minimum Gasteiger partial charge on any atom is -0.481 e. The van der Waals surface area contributed by atoms with Crippen molar-refractivity contribution in [1.29, 1.82) is 0 Å². The van der Waals surface area contributed by atoms with E-state index in [1.165, 1.54) is 0 Å². The maximum Gasteiger partial charge on any atom is 0.306 e. The quantitative estimate of drug-likeness (QED) is 0.618. The van der Waals surface area contributed by atoms with Crippen molar-refractivity contribution in [2.45, 2.75) is 19.8 Å². The summed E-state index contributed by atoms with van der Waals surface area (Å²) in [4.78, 5) is 10.6. The van der Waals surface area contributed by atoms with Crippen LogP contribution in [0.5, 0.6) is 0 Å². The number of hydrogen-bond acceptors (Lipinski definition) is 1. The molecule has 0 spiro atoms. The Balaban J connectivity index is 4.16. The Morgan fingerprint density at radius 3 is 2.08 bits per heavy atom. The van der Waals surface area contributed by atoms with E-state index in [4.69, 9.17) is 5.11 Å². The Hall–Kier alpha value is -1.05. The number of aliphatic carboxylic acids is 1. The van der Waals surface area contributed by atoms with Crippen molar-refractivity contribution >= 4 is 5.97 Å². The lowest BCUT2D eigenvalue weighted by molar-refractivity contribution is -0.142. The average Bonchev–Trinajstić information content (AvgIpc) is 2.03. The number of carboxylic acid groups (broad SMARTS) is 1. The van der Waals surface area contributed by atoms with Gasteiger partial charge in [0.2, 0.25) is 0 Å². The van der Waals surface area contributed by atoms with Crippen LogP contribution in [0.3, 0.4) is 0 Å². The monoisotopic (exact) mass is 168 g/mol. The summed E-state index contributed by atoms with van der Waals surface area (Å²) in [5.41, 5.74) is 0. The van der Waals surface area contributed by atoms with Crippen LogP contribution >= 0.6 is 0 Å². The molecule has 2 nitrogen and oxygen atoms in total. The molecule has 0 saturated heterocycles. The highest BCUT2D eigenvalue weighted by atomic mass is 16.4. The maximum absolute atomic E-state index is 10.6. The molecule has 0 aliphatic heterocycles. The Bertz CT molecular complexity index is 163. The first-order valence-corrected chi connectivity index (χ1v) is 4.08. The van der Waals surface area contributed by atoms with E-state index in [1.807, 2.05) is 0 Å². The molecule has 0 aliphatic rings. The smallest absolute Gasteiger partial charge is 0.306 e. The summed E-state index contributed by atoms with van der Waals surface area (Å²) in [5.74, 6) is -0.929. The standard InChI is InChI=1S/C10H16O2/c1-4-6-9(7-5-2)8(3)10(11)12/h4-5,8-9H,1-2,6-7H2,3H3,(H,11,12). The first-order valence-electron chi connectivity index (χ1n) is 4.08. The second-order valence-corrected chi connectivity index (χ2v) is 2.94. The summed E-state index contributed by atoms with van der Waals surface area (Å²) in [6, 6.07) is 0. The third kappa shape index (κ3) is 3.37. The van der Waals surface area contributed by atoms with Gasteiger partial charge >= 0.3 is 5.97 Å². The predicted molar refractivity (Wildman–Crippen MR) is 49.9 cm³/mol. The highest BCUT2D eigenvalue weighted by molar-refractivity contribution is 5.69. The molecule has 1 atom stereocenters. The molecule has 12 heavy (non-hydrogen) atoms. The molecule has 0 aromatic heterocycles. The van der Waals surface area contributed by atoms with E-state index in [1.54, 1.807) is 19.1 Å². The largest absolute Gasteiger partial charge is 0.481 e. The van der Waals surface area contributed by atoms with E-state index >= 15 is 0 Å². The third-order valence-corrected chi connectivity index (χ3v) is 2.04. The molecule has 1 N–H and O–H groups in total. The van der Waals surface area contributed by atoms with Gasteiger partial charge in [0, 0.05) is 0 Å². The van der Waals surface area contributed by atoms with Crippen molar-refractivity contribution in [2.75, 3.05) is 0 Å². The maximum atomic E-state index is 10.6. The SMILES string of the molecule is C=CCC(CC=C)C(C)C(=O)O. The van der Waals surface area contributed by atoms with E-state index in [9.17, 15) is 4.79 Å². The summed E-state index contributed by atoms with van der Waals surface area (Å²) >= 11 is 0. The van der Waals surface area contributed by atoms with Gasteiger partial charge in [-0.3, -0.25) is 4.79 Å². The van der Waals surface area contributed by atoms with Crippen LogP contribution in [0.2, 0.25) is 0 Å². The van der Waals surface area contributed by atoms with Crippen LogP contribution in [0.15, 0.2) is 25.3 Å². The van der Waals surface area contributed by atoms with E-state index in [2.05, 4.69) is 13.2 Å². The van der Waals surface area contributed by atoms with Crippen LogP contribution in [0.1, 0.15) is 19.8 Å². The van der Waals surface area contributed by atoms with Crippen LogP contribution < -0.4 is 0 Å². The Labute approximate surface area is 73.6 Å². The van der Waals surface area contributed by atoms with Gasteiger partial charge in [-0.25, -0.2) is 0 Å². The Kier molecular flexibility index (Phi) is 5.09. The highest BCUT2D eigenvalue weighted by Gasteiger charge is 2.20. The van der Waals surface area contributed by atoms with E-state index in [0.29, 0.717) is 0 Å². The lowest BCUT2D eigenvalue weighted by Gasteiger charge is -2.16. The van der Waals surface area contributed by atoms with E-state index < -0.39 is 5.97 Å². The molecule has 0 heterocycles. The first-order chi connectivity index (χ1) is 5.63. The molecule has 0 bridgehead atoms. The van der Waals surface area contributed by atoms with Crippen molar-refractivity contribution in [3.8, 4) is 0 Å². The molecule has 0 saturated carbocycles. The minimum absolute atomic E-state index is 0.137. The van der Waals surface area contributed by atoms with Crippen molar-refractivity contribution in [3.63, 3.8) is 0 Å². The zero-order valence-electron chi connectivity index (χ0n) is 7.49. The fourth-order valence-corrected chi connectivity index (χ4v) is 1.13. The molecule has 0 radical (unpaired) electrons. The summed E-state index contributed by atoms with van der Waals surface area (Å²) in [6.45, 7) is 8.92. The van der Waals surface area contributed by atoms with Gasteiger partial charge in [-0.15, -0.1) is 13.2 Å². The molecule has 0 aromatic carbocycles. The Morgan fingerprint density at radius 1 is 1.42 bits per heavy atom. The molecule has 0 amide bonds. The van der Waals surface area contributed by atoms with Crippen LogP contribution in [0, 0.1) is 11.8 Å². The zero-order chi connectivity index (χ0) is 9.56. The van der Waals surface area contributed by atoms with Crippen LogP contribution in [-0.2, 0) is 4.79 Å². The molecule has 0 aliphatic carbocycles. The second kappa shape index (κ2) is 5.58. The molecule has 0 aromatic rings. The van der Waals surface area contributed by atoms with Crippen LogP contribution in [-0.4, -0.2) is 11.1 Å². The number of carbonyl (C=O) groups is 1. The van der Waals surface area contributed by atoms with Gasteiger partial charge in [0.15, 0.2) is 0 Å². The number of allylic oxidation sites excluding steroid dienone is 2. The van der Waals surface area contributed by atoms with Gasteiger partial charge in [0.05, 0.1) is 5.92 Å². The van der Waals surface area contributed by atoms with E-state index in [-0.39, 0.29) is 11.8 Å². The third-order valence-electron chi connectivity index (χ3n) is 2.04. The highest BCUT2D eigenvalue weighted by Crippen LogP contribution is 2.20. The van der Waals surface area contributed by atoms with Crippen molar-refractivity contribution in [3.05, 3.63) is 25.3 Å². The lowest BCUT2D eigenvalue weighted by Crippen LogP contribution is -2.19. The number of hydrogen-bond donors (Lipinski definition) is 1. The fourth-order valence-electron chi connectivity index (χ4n) is 1.13. The molecule has 68 valence electrons. The van der Waals surface area contributed by atoms with Gasteiger partial charge < -0.3 is 5.11 Å². The van der Waals surface area contributed by atoms with Gasteiger partial charge in [-0.2, -0.15) is 0 Å². The fraction of sp³-hybridized carbons (Fsp3) is 0.500. The van der Waals surface area contributed by atoms with Crippen LogP contribution in [0.25, 0.3) is 0 Å². The minimum atomic E-state index is -0.747. The van der Waals surface area contributed by atoms with Crippen molar-refractivity contribution in [2.24, 2.45) is 11.8 Å². The summed E-state index contributed by atoms with van der Waals surface area (Å²) in [5, 5.41) is 8.74. The van der Waals surface area contributed by atoms with Crippen LogP contribution in [0.4, 0.5) is 0 Å². The summed E-state index contributed by atoms with van der Waals surface area (Å²) in [6.07, 6.45) is 4.99. The topological polar surface area (TPSA) is 37.3 Å². The Morgan fingerprint density at radius 2 is 1.83 bits per heavy atom. The normalized spacial score (nSPS) is 12.5. The molecule has 1 unspecified atom stereocenters. The first kappa shape index (κ1) is 11.0. The van der Waals surface area contributed by atoms with Crippen molar-refractivity contribution < 1.29 is 9.90 Å². The predicted octanol–water partition coefficient (Wildman–Crippen LogP) is 2.48. The zero-order valence-corrected chi connectivity index (χ0v) is 7.49. The second-order valence-electron chi connectivity index (χ2n) is 2.94. The molecule has 0 fully saturated rings. The average molecular weight is 168 g/mol.